The first-order chi connectivity index (χ1) is 12.5. The van der Waals surface area contributed by atoms with Crippen molar-refractivity contribution in [1.82, 2.24) is 4.57 Å². The van der Waals surface area contributed by atoms with Gasteiger partial charge < -0.3 is 14.4 Å². The lowest BCUT2D eigenvalue weighted by Gasteiger charge is -2.09. The number of aliphatic carboxylic acids is 1. The number of rotatable bonds is 7. The highest BCUT2D eigenvalue weighted by Gasteiger charge is 2.15. The summed E-state index contributed by atoms with van der Waals surface area (Å²) < 4.78 is 8.76. The van der Waals surface area contributed by atoms with Gasteiger partial charge in [0, 0.05) is 34.0 Å². The minimum Gasteiger partial charge on any atom is -0.497 e. The van der Waals surface area contributed by atoms with Gasteiger partial charge in [0.2, 0.25) is 0 Å². The number of hydrogen-bond donors (Lipinski definition) is 1. The van der Waals surface area contributed by atoms with Crippen molar-refractivity contribution < 1.29 is 14.6 Å². The van der Waals surface area contributed by atoms with E-state index in [9.17, 15) is 4.79 Å². The van der Waals surface area contributed by atoms with Gasteiger partial charge in [-0.1, -0.05) is 28.1 Å². The topological polar surface area (TPSA) is 51.5 Å². The van der Waals surface area contributed by atoms with Crippen LogP contribution in [0.3, 0.4) is 0 Å². The number of hydrogen-bond acceptors (Lipinski definition) is 2. The normalized spacial score (nSPS) is 11.0. The van der Waals surface area contributed by atoms with E-state index in [2.05, 4.69) is 51.7 Å². The maximum absolute atomic E-state index is 10.9. The molecule has 0 spiro atoms. The van der Waals surface area contributed by atoms with Gasteiger partial charge in [-0.25, -0.2) is 0 Å². The summed E-state index contributed by atoms with van der Waals surface area (Å²) in [7, 11) is 1.66. The van der Waals surface area contributed by atoms with E-state index < -0.39 is 5.97 Å². The van der Waals surface area contributed by atoms with E-state index in [4.69, 9.17) is 9.84 Å². The number of benzene rings is 2. The standard InChI is InChI=1S/C21H22BrNO3/c1-14-18(4-3-5-21(24)25)19-12-17(26-2)10-11-20(19)23(14)13-15-6-8-16(22)9-7-15/h6-12H,3-5,13H2,1-2H3,(H,24,25). The summed E-state index contributed by atoms with van der Waals surface area (Å²) in [5.41, 5.74) is 4.76. The van der Waals surface area contributed by atoms with Gasteiger partial charge in [-0.2, -0.15) is 0 Å². The Kier molecular flexibility index (Phi) is 5.67. The first kappa shape index (κ1) is 18.5. The molecule has 0 bridgehead atoms. The zero-order chi connectivity index (χ0) is 18.7. The Bertz CT molecular complexity index is 929. The second kappa shape index (κ2) is 7.96. The Hall–Kier alpha value is -2.27. The molecule has 136 valence electrons. The molecule has 0 saturated heterocycles. The zero-order valence-electron chi connectivity index (χ0n) is 15.0. The third-order valence-corrected chi connectivity index (χ3v) is 5.26. The third kappa shape index (κ3) is 3.93. The van der Waals surface area contributed by atoms with Gasteiger partial charge in [-0.05, 0) is 61.2 Å². The van der Waals surface area contributed by atoms with E-state index in [-0.39, 0.29) is 6.42 Å². The molecule has 0 fully saturated rings. The average molecular weight is 416 g/mol. The number of carbonyl (C=O) groups is 1. The Balaban J connectivity index is 2.02. The third-order valence-electron chi connectivity index (χ3n) is 4.73. The monoisotopic (exact) mass is 415 g/mol. The Morgan fingerprint density at radius 3 is 2.58 bits per heavy atom. The maximum atomic E-state index is 10.9. The van der Waals surface area contributed by atoms with Crippen LogP contribution in [0.4, 0.5) is 0 Å². The molecule has 1 N–H and O–H groups in total. The molecule has 4 nitrogen and oxygen atoms in total. The van der Waals surface area contributed by atoms with Crippen LogP contribution in [0.2, 0.25) is 0 Å². The molecule has 0 atom stereocenters. The SMILES string of the molecule is COc1ccc2c(c1)c(CCCC(=O)O)c(C)n2Cc1ccc(Br)cc1. The number of aromatic nitrogens is 1. The van der Waals surface area contributed by atoms with Crippen LogP contribution < -0.4 is 4.74 Å². The quantitative estimate of drug-likeness (QED) is 0.578. The Morgan fingerprint density at radius 2 is 1.92 bits per heavy atom. The number of fused-ring (bicyclic) bond motifs is 1. The molecule has 0 saturated carbocycles. The fourth-order valence-corrected chi connectivity index (χ4v) is 3.63. The molecular weight excluding hydrogens is 394 g/mol. The van der Waals surface area contributed by atoms with Crippen LogP contribution in [0.25, 0.3) is 10.9 Å². The summed E-state index contributed by atoms with van der Waals surface area (Å²) in [6, 6.07) is 14.4. The minimum absolute atomic E-state index is 0.183. The minimum atomic E-state index is -0.751. The summed E-state index contributed by atoms with van der Waals surface area (Å²) in [5, 5.41) is 10.1. The molecule has 0 amide bonds. The van der Waals surface area contributed by atoms with Crippen LogP contribution in [0, 0.1) is 6.92 Å². The predicted molar refractivity (Wildman–Crippen MR) is 107 cm³/mol. The summed E-state index contributed by atoms with van der Waals surface area (Å²) in [5.74, 6) is 0.0663. The highest BCUT2D eigenvalue weighted by Crippen LogP contribution is 2.31. The largest absolute Gasteiger partial charge is 0.497 e. The summed E-state index contributed by atoms with van der Waals surface area (Å²) >= 11 is 3.48. The van der Waals surface area contributed by atoms with Crippen molar-refractivity contribution in [2.24, 2.45) is 0 Å². The van der Waals surface area contributed by atoms with Crippen molar-refractivity contribution in [1.29, 1.82) is 0 Å². The number of ether oxygens (including phenoxy) is 1. The molecule has 5 heteroatoms. The van der Waals surface area contributed by atoms with Crippen molar-refractivity contribution in [2.75, 3.05) is 7.11 Å². The Labute approximate surface area is 161 Å². The van der Waals surface area contributed by atoms with Gasteiger partial charge in [-0.3, -0.25) is 4.79 Å². The first-order valence-corrected chi connectivity index (χ1v) is 9.41. The summed E-state index contributed by atoms with van der Waals surface area (Å²) in [6.07, 6.45) is 1.56. The van der Waals surface area contributed by atoms with E-state index in [0.29, 0.717) is 6.42 Å². The molecule has 0 aliphatic heterocycles. The molecule has 26 heavy (non-hydrogen) atoms. The highest BCUT2D eigenvalue weighted by molar-refractivity contribution is 9.10. The molecule has 1 aromatic heterocycles. The molecule has 0 aliphatic carbocycles. The van der Waals surface area contributed by atoms with Gasteiger partial charge >= 0.3 is 5.97 Å². The van der Waals surface area contributed by atoms with Gasteiger partial charge in [-0.15, -0.1) is 0 Å². The van der Waals surface area contributed by atoms with E-state index in [0.717, 1.165) is 34.1 Å². The number of carboxylic acids is 1. The average Bonchev–Trinajstić information content (AvgIpc) is 2.88. The summed E-state index contributed by atoms with van der Waals surface area (Å²) in [6.45, 7) is 2.89. The van der Waals surface area contributed by atoms with Crippen LogP contribution in [-0.4, -0.2) is 22.8 Å². The second-order valence-electron chi connectivity index (χ2n) is 6.41. The van der Waals surface area contributed by atoms with E-state index in [1.165, 1.54) is 16.8 Å². The lowest BCUT2D eigenvalue weighted by atomic mass is 10.0. The van der Waals surface area contributed by atoms with Crippen molar-refractivity contribution in [3.05, 3.63) is 63.8 Å². The van der Waals surface area contributed by atoms with Crippen LogP contribution >= 0.6 is 15.9 Å². The number of aryl methyl sites for hydroxylation is 1. The number of halogens is 1. The van der Waals surface area contributed by atoms with Crippen molar-refractivity contribution in [3.8, 4) is 5.75 Å². The molecule has 0 radical (unpaired) electrons. The smallest absolute Gasteiger partial charge is 0.303 e. The van der Waals surface area contributed by atoms with Crippen LogP contribution in [0.5, 0.6) is 5.75 Å². The van der Waals surface area contributed by atoms with E-state index >= 15 is 0 Å². The first-order valence-electron chi connectivity index (χ1n) is 8.61. The molecule has 0 unspecified atom stereocenters. The van der Waals surface area contributed by atoms with Crippen molar-refractivity contribution in [2.45, 2.75) is 32.7 Å². The highest BCUT2D eigenvalue weighted by atomic mass is 79.9. The lowest BCUT2D eigenvalue weighted by Crippen LogP contribution is -2.03. The zero-order valence-corrected chi connectivity index (χ0v) is 16.5. The van der Waals surface area contributed by atoms with Gasteiger partial charge in [0.1, 0.15) is 5.75 Å². The van der Waals surface area contributed by atoms with E-state index in [1.807, 2.05) is 18.2 Å². The van der Waals surface area contributed by atoms with Crippen molar-refractivity contribution in [3.63, 3.8) is 0 Å². The second-order valence-corrected chi connectivity index (χ2v) is 7.32. The molecule has 3 aromatic rings. The van der Waals surface area contributed by atoms with Crippen LogP contribution in [0.1, 0.15) is 29.7 Å². The lowest BCUT2D eigenvalue weighted by molar-refractivity contribution is -0.137. The fourth-order valence-electron chi connectivity index (χ4n) is 3.37. The molecule has 3 rings (SSSR count). The number of carboxylic acid groups (broad SMARTS) is 1. The fraction of sp³-hybridized carbons (Fsp3) is 0.286. The maximum Gasteiger partial charge on any atom is 0.303 e. The predicted octanol–water partition coefficient (Wildman–Crippen LogP) is 5.18. The molecular formula is C21H22BrNO3. The molecule has 1 heterocycles. The van der Waals surface area contributed by atoms with Crippen molar-refractivity contribution >= 4 is 32.8 Å². The number of methoxy groups -OCH3 is 1. The summed E-state index contributed by atoms with van der Waals surface area (Å²) in [4.78, 5) is 10.9. The van der Waals surface area contributed by atoms with Crippen LogP contribution in [0.15, 0.2) is 46.9 Å². The van der Waals surface area contributed by atoms with Crippen LogP contribution in [-0.2, 0) is 17.8 Å². The Morgan fingerprint density at radius 1 is 1.19 bits per heavy atom. The molecule has 0 aliphatic rings. The number of nitrogens with zero attached hydrogens (tertiary/aromatic N) is 1. The van der Waals surface area contributed by atoms with Gasteiger partial charge in [0.05, 0.1) is 7.11 Å². The van der Waals surface area contributed by atoms with E-state index in [1.54, 1.807) is 7.11 Å². The molecule has 2 aromatic carbocycles. The van der Waals surface area contributed by atoms with Gasteiger partial charge in [0.15, 0.2) is 0 Å². The van der Waals surface area contributed by atoms with Gasteiger partial charge in [0.25, 0.3) is 0 Å².